The average molecular weight is 723 g/mol. The van der Waals surface area contributed by atoms with Gasteiger partial charge in [0.15, 0.2) is 0 Å². The average Bonchev–Trinajstić information content (AvgIpc) is 3.40. The minimum Gasteiger partial charge on any atom is -0.500 e. The first-order valence-corrected chi connectivity index (χ1v) is 13.7. The Morgan fingerprint density at radius 3 is 2.14 bits per heavy atom. The minimum absolute atomic E-state index is 0. The van der Waals surface area contributed by atoms with E-state index in [-0.39, 0.29) is 25.5 Å². The maximum absolute atomic E-state index is 6.19. The second-order valence-corrected chi connectivity index (χ2v) is 10.6. The molecule has 3 nitrogen and oxygen atoms in total. The van der Waals surface area contributed by atoms with E-state index in [1.165, 1.54) is 16.7 Å². The van der Waals surface area contributed by atoms with Crippen LogP contribution in [0.3, 0.4) is 0 Å². The fraction of sp³-hybridized carbons (Fsp3) is 0.105. The zero-order chi connectivity index (χ0) is 28.2. The first-order chi connectivity index (χ1) is 20.0. The van der Waals surface area contributed by atoms with Crippen LogP contribution in [0.5, 0.6) is 0 Å². The van der Waals surface area contributed by atoms with Crippen molar-refractivity contribution in [3.8, 4) is 22.5 Å². The summed E-state index contributed by atoms with van der Waals surface area (Å²) in [5, 5.41) is 2.22. The van der Waals surface area contributed by atoms with Crippen molar-refractivity contribution in [3.63, 3.8) is 0 Å². The van der Waals surface area contributed by atoms with Crippen LogP contribution in [-0.4, -0.2) is 9.97 Å². The summed E-state index contributed by atoms with van der Waals surface area (Å²) in [6.45, 7) is 6.58. The molecule has 0 saturated heterocycles. The van der Waals surface area contributed by atoms with Crippen LogP contribution in [0, 0.1) is 19.1 Å². The van der Waals surface area contributed by atoms with Gasteiger partial charge in [0.2, 0.25) is 0 Å². The maximum atomic E-state index is 6.19. The summed E-state index contributed by atoms with van der Waals surface area (Å²) in [4.78, 5) is 8.72. The quantitative estimate of drug-likeness (QED) is 0.170. The monoisotopic (exact) mass is 723 g/mol. The van der Waals surface area contributed by atoms with Crippen LogP contribution in [0.15, 0.2) is 132 Å². The second-order valence-electron chi connectivity index (χ2n) is 10.6. The summed E-state index contributed by atoms with van der Waals surface area (Å²) in [5.41, 5.74) is 9.30. The molecule has 0 spiro atoms. The molecule has 0 unspecified atom stereocenters. The molecule has 3 heterocycles. The Kier molecular flexibility index (Phi) is 8.77. The van der Waals surface area contributed by atoms with Gasteiger partial charge in [-0.3, -0.25) is 0 Å². The normalized spacial score (nSPS) is 11.0. The molecule has 7 rings (SSSR count). The molecular formula is C38H30IrN2O-2. The van der Waals surface area contributed by atoms with Gasteiger partial charge in [-0.1, -0.05) is 85.5 Å². The number of hydrogen-bond acceptors (Lipinski definition) is 3. The Morgan fingerprint density at radius 1 is 0.619 bits per heavy atom. The summed E-state index contributed by atoms with van der Waals surface area (Å²) in [5.74, 6) is 0. The van der Waals surface area contributed by atoms with Gasteiger partial charge >= 0.3 is 0 Å². The molecule has 7 aromatic rings. The van der Waals surface area contributed by atoms with Crippen LogP contribution in [-0.2, 0) is 25.5 Å². The third-order valence-corrected chi connectivity index (χ3v) is 7.46. The first kappa shape index (κ1) is 29.1. The van der Waals surface area contributed by atoms with Crippen LogP contribution in [0.25, 0.3) is 44.5 Å². The zero-order valence-electron chi connectivity index (χ0n) is 23.8. The Labute approximate surface area is 260 Å². The molecule has 3 aromatic heterocycles. The number of aryl methyl sites for hydroxylation is 1. The number of fused-ring (bicyclic) bond motifs is 3. The number of furan rings is 1. The van der Waals surface area contributed by atoms with E-state index in [9.17, 15) is 0 Å². The van der Waals surface area contributed by atoms with Gasteiger partial charge in [-0.15, -0.1) is 59.7 Å². The summed E-state index contributed by atoms with van der Waals surface area (Å²) < 4.78 is 6.19. The molecule has 42 heavy (non-hydrogen) atoms. The van der Waals surface area contributed by atoms with Crippen molar-refractivity contribution in [2.75, 3.05) is 0 Å². The number of hydrogen-bond donors (Lipinski definition) is 0. The third kappa shape index (κ3) is 6.11. The number of nitrogens with zero attached hydrogens (tertiary/aromatic N) is 2. The van der Waals surface area contributed by atoms with Crippen LogP contribution < -0.4 is 0 Å². The van der Waals surface area contributed by atoms with Gasteiger partial charge in [0.1, 0.15) is 5.58 Å². The predicted molar refractivity (Wildman–Crippen MR) is 168 cm³/mol. The molecular weight excluding hydrogens is 693 g/mol. The van der Waals surface area contributed by atoms with Gasteiger partial charge < -0.3 is 14.4 Å². The van der Waals surface area contributed by atoms with Crippen molar-refractivity contribution in [2.45, 2.75) is 26.2 Å². The topological polar surface area (TPSA) is 38.9 Å². The molecule has 209 valence electrons. The van der Waals surface area contributed by atoms with Crippen molar-refractivity contribution in [3.05, 3.63) is 156 Å². The second kappa shape index (κ2) is 12.6. The molecule has 4 aromatic carbocycles. The van der Waals surface area contributed by atoms with Crippen molar-refractivity contribution in [1.82, 2.24) is 9.97 Å². The van der Waals surface area contributed by atoms with Gasteiger partial charge in [0.25, 0.3) is 0 Å². The summed E-state index contributed by atoms with van der Waals surface area (Å²) in [7, 11) is 0. The van der Waals surface area contributed by atoms with E-state index in [4.69, 9.17) is 4.42 Å². The van der Waals surface area contributed by atoms with E-state index in [1.54, 1.807) is 6.20 Å². The van der Waals surface area contributed by atoms with Gasteiger partial charge in [0.05, 0.1) is 5.58 Å². The molecule has 0 aliphatic rings. The fourth-order valence-corrected chi connectivity index (χ4v) is 5.04. The maximum Gasteiger partial charge on any atom is 0.121 e. The van der Waals surface area contributed by atoms with Gasteiger partial charge in [-0.05, 0) is 47.6 Å². The number of pyridine rings is 2. The molecule has 0 atom stereocenters. The fourth-order valence-electron chi connectivity index (χ4n) is 5.04. The van der Waals surface area contributed by atoms with Crippen molar-refractivity contribution >= 4 is 21.9 Å². The Balaban J connectivity index is 0.000000228. The summed E-state index contributed by atoms with van der Waals surface area (Å²) in [6.07, 6.45) is 3.63. The zero-order valence-corrected chi connectivity index (χ0v) is 26.2. The molecule has 0 N–H and O–H groups in total. The van der Waals surface area contributed by atoms with Gasteiger partial charge in [-0.25, -0.2) is 0 Å². The smallest absolute Gasteiger partial charge is 0.121 e. The predicted octanol–water partition coefficient (Wildman–Crippen LogP) is 9.63. The summed E-state index contributed by atoms with van der Waals surface area (Å²) >= 11 is 0. The number of benzene rings is 4. The van der Waals surface area contributed by atoms with Gasteiger partial charge in [-0.2, -0.15) is 0 Å². The van der Waals surface area contributed by atoms with E-state index < -0.39 is 0 Å². The largest absolute Gasteiger partial charge is 0.500 e. The molecule has 0 amide bonds. The molecule has 0 aliphatic carbocycles. The van der Waals surface area contributed by atoms with Crippen LogP contribution in [0.2, 0.25) is 0 Å². The Hall–Kier alpha value is -4.37. The molecule has 1 radical (unpaired) electrons. The van der Waals surface area contributed by atoms with E-state index >= 15 is 0 Å². The molecule has 0 aliphatic heterocycles. The SMILES string of the molecule is Cc1ccnc(-c2[c-]cc3oc4cc(C(C)(C)c5ccccc5)ccc4c3c2)c1.[Ir].[c-]1ccccc1-c1ccccn1. The molecule has 0 bridgehead atoms. The van der Waals surface area contributed by atoms with Crippen molar-refractivity contribution in [2.24, 2.45) is 0 Å². The van der Waals surface area contributed by atoms with E-state index in [0.717, 1.165) is 44.5 Å². The van der Waals surface area contributed by atoms with E-state index in [2.05, 4.69) is 104 Å². The van der Waals surface area contributed by atoms with E-state index in [1.807, 2.05) is 60.8 Å². The summed E-state index contributed by atoms with van der Waals surface area (Å²) in [6, 6.07) is 45.5. The first-order valence-electron chi connectivity index (χ1n) is 13.7. The Morgan fingerprint density at radius 2 is 1.40 bits per heavy atom. The number of rotatable bonds is 4. The van der Waals surface area contributed by atoms with Crippen LogP contribution in [0.4, 0.5) is 0 Å². The molecule has 4 heteroatoms. The van der Waals surface area contributed by atoms with Crippen LogP contribution in [0.1, 0.15) is 30.5 Å². The van der Waals surface area contributed by atoms with Crippen molar-refractivity contribution in [1.29, 1.82) is 0 Å². The van der Waals surface area contributed by atoms with Gasteiger partial charge in [0, 0.05) is 43.3 Å². The van der Waals surface area contributed by atoms with Crippen LogP contribution >= 0.6 is 0 Å². The van der Waals surface area contributed by atoms with E-state index in [0.29, 0.717) is 0 Å². The number of aromatic nitrogens is 2. The molecule has 0 saturated carbocycles. The standard InChI is InChI=1S/C27H22NO.C11H8N.Ir/c1-18-13-14-28-24(15-18)19-9-12-25-23(16-19)22-11-10-21(17-26(22)29-25)27(2,3)20-7-5-4-6-8-20;1-2-6-10(7-3-1)11-8-4-5-9-12-11;/h4-8,10-17H,1-3H3;1-6,8-9H;/q2*-1;. The minimum atomic E-state index is -0.100. The third-order valence-electron chi connectivity index (χ3n) is 7.46. The molecule has 0 fully saturated rings. The van der Waals surface area contributed by atoms with Crippen molar-refractivity contribution < 1.29 is 24.5 Å². The Bertz CT molecular complexity index is 1880.